The monoisotopic (exact) mass is 486 g/mol. The van der Waals surface area contributed by atoms with Crippen LogP contribution in [0.5, 0.6) is 0 Å². The van der Waals surface area contributed by atoms with Crippen LogP contribution in [0.25, 0.3) is 0 Å². The molecule has 1 fully saturated rings. The first kappa shape index (κ1) is 27.6. The lowest BCUT2D eigenvalue weighted by Gasteiger charge is -2.30. The first-order chi connectivity index (χ1) is 16.5. The van der Waals surface area contributed by atoms with E-state index in [0.717, 1.165) is 11.6 Å². The zero-order valence-corrected chi connectivity index (χ0v) is 20.1. The standard InChI is InChI=1S/C25H34N4O6/c1-4-21(31)27-18(12-15(2)3)23(32)28-19(13-16-8-6-5-7-9-16)24(33)29-11-10-17(14-20(26)30)22(29)25(34)35/h4-9,15,17-19,22H,1,10-14H2,2-3H3,(H2,26,30)(H,27,31)(H,28,32)(H,34,35)/t17-,18+,19+,22+/m1/s1. The molecule has 4 amide bonds. The third kappa shape index (κ3) is 7.94. The Morgan fingerprint density at radius 1 is 1.14 bits per heavy atom. The van der Waals surface area contributed by atoms with Gasteiger partial charge in [0.15, 0.2) is 0 Å². The second-order valence-electron chi connectivity index (χ2n) is 9.18. The lowest BCUT2D eigenvalue weighted by molar-refractivity contribution is -0.151. The molecule has 0 aliphatic carbocycles. The maximum absolute atomic E-state index is 13.6. The van der Waals surface area contributed by atoms with Crippen molar-refractivity contribution in [2.75, 3.05) is 6.54 Å². The number of nitrogens with zero attached hydrogens (tertiary/aromatic N) is 1. The minimum Gasteiger partial charge on any atom is -0.480 e. The van der Waals surface area contributed by atoms with Gasteiger partial charge in [0.2, 0.25) is 23.6 Å². The number of hydrogen-bond donors (Lipinski definition) is 4. The highest BCUT2D eigenvalue weighted by Crippen LogP contribution is 2.28. The van der Waals surface area contributed by atoms with Crippen molar-refractivity contribution in [1.29, 1.82) is 0 Å². The number of nitrogens with two attached hydrogens (primary N) is 1. The van der Waals surface area contributed by atoms with E-state index in [0.29, 0.717) is 12.8 Å². The summed E-state index contributed by atoms with van der Waals surface area (Å²) in [6.45, 7) is 7.32. The maximum atomic E-state index is 13.6. The number of amides is 4. The van der Waals surface area contributed by atoms with Crippen molar-refractivity contribution in [1.82, 2.24) is 15.5 Å². The van der Waals surface area contributed by atoms with Gasteiger partial charge in [-0.3, -0.25) is 19.2 Å². The molecule has 1 saturated heterocycles. The van der Waals surface area contributed by atoms with Gasteiger partial charge in [-0.15, -0.1) is 0 Å². The van der Waals surface area contributed by atoms with Crippen molar-refractivity contribution in [3.8, 4) is 0 Å². The van der Waals surface area contributed by atoms with Gasteiger partial charge in [0.1, 0.15) is 18.1 Å². The molecule has 0 radical (unpaired) electrons. The van der Waals surface area contributed by atoms with E-state index in [-0.39, 0.29) is 25.3 Å². The maximum Gasteiger partial charge on any atom is 0.326 e. The molecule has 5 N–H and O–H groups in total. The molecule has 0 unspecified atom stereocenters. The summed E-state index contributed by atoms with van der Waals surface area (Å²) >= 11 is 0. The molecule has 10 heteroatoms. The Hall–Kier alpha value is -3.69. The third-order valence-corrected chi connectivity index (χ3v) is 5.95. The normalized spacial score (nSPS) is 19.0. The van der Waals surface area contributed by atoms with Crippen molar-refractivity contribution >= 4 is 29.6 Å². The van der Waals surface area contributed by atoms with Crippen molar-refractivity contribution in [2.45, 2.75) is 57.7 Å². The fourth-order valence-corrected chi connectivity index (χ4v) is 4.37. The number of carboxylic acid groups (broad SMARTS) is 1. The summed E-state index contributed by atoms with van der Waals surface area (Å²) in [5.41, 5.74) is 6.04. The van der Waals surface area contributed by atoms with E-state index in [2.05, 4.69) is 17.2 Å². The van der Waals surface area contributed by atoms with E-state index >= 15 is 0 Å². The van der Waals surface area contributed by atoms with Crippen LogP contribution in [0.15, 0.2) is 43.0 Å². The largest absolute Gasteiger partial charge is 0.480 e. The van der Waals surface area contributed by atoms with Crippen LogP contribution < -0.4 is 16.4 Å². The van der Waals surface area contributed by atoms with E-state index in [1.807, 2.05) is 19.9 Å². The highest BCUT2D eigenvalue weighted by molar-refractivity contribution is 5.95. The van der Waals surface area contributed by atoms with E-state index < -0.39 is 53.6 Å². The van der Waals surface area contributed by atoms with Crippen LogP contribution in [0.2, 0.25) is 0 Å². The van der Waals surface area contributed by atoms with Gasteiger partial charge in [-0.05, 0) is 30.4 Å². The average molecular weight is 487 g/mol. The zero-order valence-electron chi connectivity index (χ0n) is 20.1. The van der Waals surface area contributed by atoms with Gasteiger partial charge in [0.05, 0.1) is 0 Å². The Labute approximate surface area is 204 Å². The summed E-state index contributed by atoms with van der Waals surface area (Å²) < 4.78 is 0. The van der Waals surface area contributed by atoms with Crippen LogP contribution >= 0.6 is 0 Å². The summed E-state index contributed by atoms with van der Waals surface area (Å²) in [6, 6.07) is 5.80. The summed E-state index contributed by atoms with van der Waals surface area (Å²) in [4.78, 5) is 63.3. The van der Waals surface area contributed by atoms with E-state index in [1.54, 1.807) is 24.3 Å². The molecular formula is C25H34N4O6. The van der Waals surface area contributed by atoms with Gasteiger partial charge in [0, 0.05) is 25.3 Å². The lowest BCUT2D eigenvalue weighted by Crippen LogP contribution is -2.57. The van der Waals surface area contributed by atoms with Crippen LogP contribution in [-0.2, 0) is 30.4 Å². The van der Waals surface area contributed by atoms with Gasteiger partial charge in [-0.25, -0.2) is 4.79 Å². The van der Waals surface area contributed by atoms with Crippen LogP contribution in [0.3, 0.4) is 0 Å². The number of hydrogen-bond acceptors (Lipinski definition) is 5. The SMILES string of the molecule is C=CC(=O)N[C@@H](CC(C)C)C(=O)N[C@@H](Cc1ccccc1)C(=O)N1CC[C@H](CC(N)=O)[C@H]1C(=O)O. The van der Waals surface area contributed by atoms with Crippen molar-refractivity contribution in [2.24, 2.45) is 17.6 Å². The molecule has 1 aromatic rings. The predicted octanol–water partition coefficient (Wildman–Crippen LogP) is 0.608. The second kappa shape index (κ2) is 12.7. The second-order valence-corrected chi connectivity index (χ2v) is 9.18. The van der Waals surface area contributed by atoms with Crippen LogP contribution in [0.4, 0.5) is 0 Å². The average Bonchev–Trinajstić information content (AvgIpc) is 3.21. The Morgan fingerprint density at radius 2 is 1.80 bits per heavy atom. The highest BCUT2D eigenvalue weighted by Gasteiger charge is 2.44. The Bertz CT molecular complexity index is 949. The number of carbonyl (C=O) groups is 5. The minimum absolute atomic E-state index is 0.0728. The summed E-state index contributed by atoms with van der Waals surface area (Å²) in [5, 5.41) is 15.1. The lowest BCUT2D eigenvalue weighted by atomic mass is 9.95. The van der Waals surface area contributed by atoms with E-state index in [9.17, 15) is 29.1 Å². The summed E-state index contributed by atoms with van der Waals surface area (Å²) in [5.74, 6) is -4.05. The number of nitrogens with one attached hydrogen (secondary N) is 2. The molecule has 0 bridgehead atoms. The van der Waals surface area contributed by atoms with Gasteiger partial charge in [-0.2, -0.15) is 0 Å². The third-order valence-electron chi connectivity index (χ3n) is 5.95. The smallest absolute Gasteiger partial charge is 0.326 e. The molecule has 10 nitrogen and oxygen atoms in total. The molecule has 1 aliphatic heterocycles. The fourth-order valence-electron chi connectivity index (χ4n) is 4.37. The molecule has 190 valence electrons. The molecule has 1 aromatic carbocycles. The summed E-state index contributed by atoms with van der Waals surface area (Å²) in [7, 11) is 0. The quantitative estimate of drug-likeness (QED) is 0.317. The van der Waals surface area contributed by atoms with E-state index in [4.69, 9.17) is 5.73 Å². The number of carboxylic acids is 1. The first-order valence-electron chi connectivity index (χ1n) is 11.6. The number of primary amides is 1. The predicted molar refractivity (Wildman–Crippen MR) is 129 cm³/mol. The number of rotatable bonds is 12. The molecule has 1 aliphatic rings. The van der Waals surface area contributed by atoms with Crippen LogP contribution in [0.1, 0.15) is 38.7 Å². The zero-order chi connectivity index (χ0) is 26.1. The minimum atomic E-state index is -1.23. The number of likely N-dealkylation sites (tertiary alicyclic amines) is 1. The molecule has 4 atom stereocenters. The molecule has 35 heavy (non-hydrogen) atoms. The number of carbonyl (C=O) groups excluding carboxylic acids is 4. The number of aliphatic carboxylic acids is 1. The number of benzene rings is 1. The van der Waals surface area contributed by atoms with E-state index in [1.165, 1.54) is 4.90 Å². The van der Waals surface area contributed by atoms with Gasteiger partial charge < -0.3 is 26.4 Å². The molecule has 0 saturated carbocycles. The molecule has 0 aromatic heterocycles. The molecule has 1 heterocycles. The van der Waals surface area contributed by atoms with Crippen molar-refractivity contribution in [3.63, 3.8) is 0 Å². The molecular weight excluding hydrogens is 452 g/mol. The van der Waals surface area contributed by atoms with Crippen molar-refractivity contribution < 1.29 is 29.1 Å². The first-order valence-corrected chi connectivity index (χ1v) is 11.6. The van der Waals surface area contributed by atoms with Gasteiger partial charge in [0.25, 0.3) is 0 Å². The Morgan fingerprint density at radius 3 is 2.34 bits per heavy atom. The van der Waals surface area contributed by atoms with Crippen LogP contribution in [0, 0.1) is 11.8 Å². The Kier molecular flexibility index (Phi) is 9.98. The fraction of sp³-hybridized carbons (Fsp3) is 0.480. The molecule has 0 spiro atoms. The molecule has 2 rings (SSSR count). The summed E-state index contributed by atoms with van der Waals surface area (Å²) in [6.07, 6.45) is 1.68. The Balaban J connectivity index is 2.32. The van der Waals surface area contributed by atoms with Gasteiger partial charge >= 0.3 is 5.97 Å². The highest BCUT2D eigenvalue weighted by atomic mass is 16.4. The van der Waals surface area contributed by atoms with Crippen molar-refractivity contribution in [3.05, 3.63) is 48.6 Å². The topological polar surface area (TPSA) is 159 Å². The van der Waals surface area contributed by atoms with Gasteiger partial charge in [-0.1, -0.05) is 50.8 Å². The van der Waals surface area contributed by atoms with Crippen LogP contribution in [-0.4, -0.2) is 64.3 Å².